The zero-order valence-electron chi connectivity index (χ0n) is 12.5. The topological polar surface area (TPSA) is 29.5 Å². The molecule has 0 radical (unpaired) electrons. The third-order valence-electron chi connectivity index (χ3n) is 5.40. The zero-order chi connectivity index (χ0) is 14.0. The summed E-state index contributed by atoms with van der Waals surface area (Å²) in [6.07, 6.45) is 9.23. The Morgan fingerprint density at radius 3 is 2.50 bits per heavy atom. The van der Waals surface area contributed by atoms with Gasteiger partial charge in [0.1, 0.15) is 11.9 Å². The minimum atomic E-state index is -0.153. The highest BCUT2D eigenvalue weighted by atomic mass is 16.5. The fourth-order valence-electron chi connectivity index (χ4n) is 4.00. The quantitative estimate of drug-likeness (QED) is 0.899. The van der Waals surface area contributed by atoms with Gasteiger partial charge in [-0.15, -0.1) is 0 Å². The highest BCUT2D eigenvalue weighted by molar-refractivity contribution is 5.34. The maximum atomic E-state index is 10.3. The molecule has 110 valence electrons. The minimum Gasteiger partial charge on any atom is -0.489 e. The van der Waals surface area contributed by atoms with E-state index in [0.717, 1.165) is 31.4 Å². The number of aryl methyl sites for hydroxylation is 1. The third-order valence-corrected chi connectivity index (χ3v) is 5.40. The molecular formula is C18H26O2. The predicted octanol–water partition coefficient (Wildman–Crippen LogP) is 4.10. The van der Waals surface area contributed by atoms with Crippen LogP contribution in [0.15, 0.2) is 24.3 Å². The summed E-state index contributed by atoms with van der Waals surface area (Å²) >= 11 is 0. The lowest BCUT2D eigenvalue weighted by Crippen LogP contribution is -2.59. The molecule has 0 aromatic heterocycles. The molecule has 0 saturated heterocycles. The second-order valence-electron chi connectivity index (χ2n) is 6.47. The van der Waals surface area contributed by atoms with Crippen molar-refractivity contribution in [1.29, 1.82) is 0 Å². The van der Waals surface area contributed by atoms with Crippen molar-refractivity contribution in [2.45, 2.75) is 70.5 Å². The lowest BCUT2D eigenvalue weighted by molar-refractivity contribution is -0.163. The molecule has 2 aliphatic carbocycles. The Labute approximate surface area is 122 Å². The first-order valence-corrected chi connectivity index (χ1v) is 8.19. The van der Waals surface area contributed by atoms with Gasteiger partial charge < -0.3 is 9.84 Å². The number of ether oxygens (including phenoxy) is 1. The average molecular weight is 274 g/mol. The standard InChI is InChI=1S/C18H26O2/c1-2-14-9-5-6-10-15(14)20-17-13-16(19)18(17)11-7-3-4-8-12-18/h5-6,9-10,16-17,19H,2-4,7-8,11-13H2,1H3. The van der Waals surface area contributed by atoms with E-state index in [1.807, 2.05) is 6.07 Å². The van der Waals surface area contributed by atoms with Crippen molar-refractivity contribution in [1.82, 2.24) is 0 Å². The van der Waals surface area contributed by atoms with E-state index in [0.29, 0.717) is 0 Å². The molecule has 20 heavy (non-hydrogen) atoms. The monoisotopic (exact) mass is 274 g/mol. The third kappa shape index (κ3) is 2.35. The first-order chi connectivity index (χ1) is 9.76. The number of para-hydroxylation sites is 1. The smallest absolute Gasteiger partial charge is 0.122 e. The van der Waals surface area contributed by atoms with Gasteiger partial charge in [-0.3, -0.25) is 0 Å². The van der Waals surface area contributed by atoms with Gasteiger partial charge in [-0.2, -0.15) is 0 Å². The normalized spacial score (nSPS) is 28.7. The van der Waals surface area contributed by atoms with Crippen LogP contribution in [-0.2, 0) is 6.42 Å². The van der Waals surface area contributed by atoms with E-state index in [4.69, 9.17) is 4.74 Å². The van der Waals surface area contributed by atoms with E-state index in [9.17, 15) is 5.11 Å². The van der Waals surface area contributed by atoms with Gasteiger partial charge in [0, 0.05) is 11.8 Å². The summed E-state index contributed by atoms with van der Waals surface area (Å²) in [5.74, 6) is 1.02. The number of hydrogen-bond donors (Lipinski definition) is 1. The van der Waals surface area contributed by atoms with E-state index in [1.165, 1.54) is 31.2 Å². The Morgan fingerprint density at radius 2 is 1.85 bits per heavy atom. The Kier molecular flexibility index (Phi) is 4.02. The van der Waals surface area contributed by atoms with E-state index < -0.39 is 0 Å². The molecule has 1 N–H and O–H groups in total. The van der Waals surface area contributed by atoms with Crippen LogP contribution in [0.25, 0.3) is 0 Å². The number of hydrogen-bond acceptors (Lipinski definition) is 2. The highest BCUT2D eigenvalue weighted by Crippen LogP contribution is 2.52. The lowest BCUT2D eigenvalue weighted by Gasteiger charge is -2.53. The van der Waals surface area contributed by atoms with Gasteiger partial charge in [0.2, 0.25) is 0 Å². The van der Waals surface area contributed by atoms with Crippen molar-refractivity contribution < 1.29 is 9.84 Å². The van der Waals surface area contributed by atoms with Gasteiger partial charge in [0.25, 0.3) is 0 Å². The van der Waals surface area contributed by atoms with Crippen molar-refractivity contribution in [3.05, 3.63) is 29.8 Å². The number of aliphatic hydroxyl groups is 1. The van der Waals surface area contributed by atoms with Crippen LogP contribution in [0.1, 0.15) is 57.4 Å². The molecule has 0 heterocycles. The molecule has 3 rings (SSSR count). The van der Waals surface area contributed by atoms with E-state index in [-0.39, 0.29) is 17.6 Å². The average Bonchev–Trinajstić information content (AvgIpc) is 2.75. The summed E-state index contributed by atoms with van der Waals surface area (Å²) in [5.41, 5.74) is 1.31. The molecule has 2 atom stereocenters. The van der Waals surface area contributed by atoms with Crippen LogP contribution in [0.2, 0.25) is 0 Å². The van der Waals surface area contributed by atoms with Gasteiger partial charge in [-0.1, -0.05) is 50.8 Å². The first kappa shape index (κ1) is 13.9. The fraction of sp³-hybridized carbons (Fsp3) is 0.667. The second-order valence-corrected chi connectivity index (χ2v) is 6.47. The van der Waals surface area contributed by atoms with Crippen molar-refractivity contribution >= 4 is 0 Å². The maximum Gasteiger partial charge on any atom is 0.122 e. The minimum absolute atomic E-state index is 0.0390. The Balaban J connectivity index is 1.77. The Bertz CT molecular complexity index is 446. The van der Waals surface area contributed by atoms with Gasteiger partial charge in [0.15, 0.2) is 0 Å². The van der Waals surface area contributed by atoms with Crippen molar-refractivity contribution in [3.63, 3.8) is 0 Å². The molecule has 2 heteroatoms. The fourth-order valence-corrected chi connectivity index (χ4v) is 4.00. The van der Waals surface area contributed by atoms with Crippen LogP contribution in [0, 0.1) is 5.41 Å². The molecule has 2 nitrogen and oxygen atoms in total. The lowest BCUT2D eigenvalue weighted by atomic mass is 9.59. The number of benzene rings is 1. The van der Waals surface area contributed by atoms with Gasteiger partial charge in [0.05, 0.1) is 6.10 Å². The Morgan fingerprint density at radius 1 is 1.15 bits per heavy atom. The molecule has 0 aliphatic heterocycles. The molecule has 1 aromatic carbocycles. The van der Waals surface area contributed by atoms with Gasteiger partial charge in [-0.25, -0.2) is 0 Å². The molecule has 2 unspecified atom stereocenters. The summed E-state index contributed by atoms with van der Waals surface area (Å²) < 4.78 is 6.33. The molecule has 1 spiro atoms. The number of rotatable bonds is 3. The molecule has 1 aromatic rings. The molecule has 2 fully saturated rings. The summed E-state index contributed by atoms with van der Waals surface area (Å²) in [6.45, 7) is 2.17. The van der Waals surface area contributed by atoms with Crippen LogP contribution in [0.3, 0.4) is 0 Å². The maximum absolute atomic E-state index is 10.3. The number of aliphatic hydroxyl groups excluding tert-OH is 1. The largest absolute Gasteiger partial charge is 0.489 e. The van der Waals surface area contributed by atoms with Crippen LogP contribution >= 0.6 is 0 Å². The summed E-state index contributed by atoms with van der Waals surface area (Å²) in [7, 11) is 0. The van der Waals surface area contributed by atoms with Crippen molar-refractivity contribution in [3.8, 4) is 5.75 Å². The SMILES string of the molecule is CCc1ccccc1OC1CC(O)C12CCCCCC2. The molecule has 2 saturated carbocycles. The van der Waals surface area contributed by atoms with E-state index >= 15 is 0 Å². The zero-order valence-corrected chi connectivity index (χ0v) is 12.5. The molecule has 0 bridgehead atoms. The summed E-state index contributed by atoms with van der Waals surface area (Å²) in [6, 6.07) is 8.34. The highest BCUT2D eigenvalue weighted by Gasteiger charge is 2.55. The first-order valence-electron chi connectivity index (χ1n) is 8.19. The van der Waals surface area contributed by atoms with Crippen molar-refractivity contribution in [2.75, 3.05) is 0 Å². The second kappa shape index (κ2) is 5.77. The van der Waals surface area contributed by atoms with Crippen LogP contribution < -0.4 is 4.74 Å². The molecular weight excluding hydrogens is 248 g/mol. The van der Waals surface area contributed by atoms with Gasteiger partial charge in [-0.05, 0) is 30.9 Å². The summed E-state index contributed by atoms with van der Waals surface area (Å²) in [4.78, 5) is 0. The molecule has 0 amide bonds. The van der Waals surface area contributed by atoms with E-state index in [1.54, 1.807) is 0 Å². The van der Waals surface area contributed by atoms with Gasteiger partial charge >= 0.3 is 0 Å². The van der Waals surface area contributed by atoms with Crippen LogP contribution in [0.5, 0.6) is 5.75 Å². The van der Waals surface area contributed by atoms with Crippen LogP contribution in [-0.4, -0.2) is 17.3 Å². The van der Waals surface area contributed by atoms with E-state index in [2.05, 4.69) is 25.1 Å². The summed E-state index contributed by atoms with van der Waals surface area (Å²) in [5, 5.41) is 10.3. The van der Waals surface area contributed by atoms with Crippen LogP contribution in [0.4, 0.5) is 0 Å². The molecule has 2 aliphatic rings. The Hall–Kier alpha value is -1.02. The van der Waals surface area contributed by atoms with Crippen molar-refractivity contribution in [2.24, 2.45) is 5.41 Å². The predicted molar refractivity (Wildman–Crippen MR) is 81.0 cm³/mol.